The van der Waals surface area contributed by atoms with E-state index in [9.17, 15) is 14.4 Å². The molecule has 2 atom stereocenters. The van der Waals surface area contributed by atoms with E-state index in [1.807, 2.05) is 35.8 Å². The smallest absolute Gasteiger partial charge is 0.254 e. The summed E-state index contributed by atoms with van der Waals surface area (Å²) < 4.78 is 0. The molecule has 36 heavy (non-hydrogen) atoms. The maximum Gasteiger partial charge on any atom is 0.254 e. The molecule has 5 rings (SSSR count). The fraction of sp³-hybridized carbons (Fsp3) is 0.700. The molecule has 2 aliphatic heterocycles. The number of fused-ring (bicyclic) bond motifs is 1. The van der Waals surface area contributed by atoms with Crippen LogP contribution in [0.25, 0.3) is 0 Å². The zero-order chi connectivity index (χ0) is 25.2. The number of hydrogen-bond acceptors (Lipinski definition) is 4. The van der Waals surface area contributed by atoms with E-state index in [0.29, 0.717) is 19.1 Å². The SMILES string of the molecule is CC(C)C(=O)[C@@H](C1CCCCC1)N1CCc2c(cccc2C2CCCN(C(=O)CNC3CC3)C2)C1=O. The van der Waals surface area contributed by atoms with Crippen molar-refractivity contribution in [1.82, 2.24) is 15.1 Å². The Hall–Kier alpha value is -2.21. The Bertz CT molecular complexity index is 980. The molecule has 2 saturated carbocycles. The minimum atomic E-state index is -0.295. The third-order valence-corrected chi connectivity index (χ3v) is 8.93. The normalized spacial score (nSPS) is 24.1. The Kier molecular flexibility index (Phi) is 7.80. The van der Waals surface area contributed by atoms with E-state index >= 15 is 0 Å². The highest BCUT2D eigenvalue weighted by molar-refractivity contribution is 6.00. The Balaban J connectivity index is 1.34. The van der Waals surface area contributed by atoms with Gasteiger partial charge in [0.1, 0.15) is 0 Å². The van der Waals surface area contributed by atoms with Crippen molar-refractivity contribution < 1.29 is 14.4 Å². The second-order valence-corrected chi connectivity index (χ2v) is 11.9. The number of carbonyl (C=O) groups excluding carboxylic acids is 3. The molecular weight excluding hydrogens is 450 g/mol. The van der Waals surface area contributed by atoms with E-state index in [4.69, 9.17) is 0 Å². The molecule has 0 spiro atoms. The van der Waals surface area contributed by atoms with Gasteiger partial charge in [-0.25, -0.2) is 0 Å². The molecule has 2 aliphatic carbocycles. The van der Waals surface area contributed by atoms with Crippen molar-refractivity contribution in [3.63, 3.8) is 0 Å². The molecule has 2 amide bonds. The van der Waals surface area contributed by atoms with E-state index in [2.05, 4.69) is 11.4 Å². The van der Waals surface area contributed by atoms with Gasteiger partial charge < -0.3 is 15.1 Å². The summed E-state index contributed by atoms with van der Waals surface area (Å²) in [5, 5.41) is 3.35. The molecular formula is C30H43N3O3. The number of Topliss-reactive ketones (excluding diaryl/α,β-unsaturated/α-hetero) is 1. The minimum absolute atomic E-state index is 0.0278. The predicted molar refractivity (Wildman–Crippen MR) is 141 cm³/mol. The average Bonchev–Trinajstić information content (AvgIpc) is 3.74. The van der Waals surface area contributed by atoms with E-state index in [-0.39, 0.29) is 41.4 Å². The van der Waals surface area contributed by atoms with Crippen LogP contribution in [0.15, 0.2) is 18.2 Å². The van der Waals surface area contributed by atoms with Crippen LogP contribution >= 0.6 is 0 Å². The van der Waals surface area contributed by atoms with Crippen molar-refractivity contribution in [1.29, 1.82) is 0 Å². The molecule has 6 heteroatoms. The molecule has 0 bridgehead atoms. The zero-order valence-corrected chi connectivity index (χ0v) is 22.1. The predicted octanol–water partition coefficient (Wildman–Crippen LogP) is 4.32. The highest BCUT2D eigenvalue weighted by atomic mass is 16.2. The molecule has 1 N–H and O–H groups in total. The van der Waals surface area contributed by atoms with Gasteiger partial charge in [-0.2, -0.15) is 0 Å². The van der Waals surface area contributed by atoms with Crippen LogP contribution in [0.3, 0.4) is 0 Å². The van der Waals surface area contributed by atoms with E-state index < -0.39 is 0 Å². The summed E-state index contributed by atoms with van der Waals surface area (Å²) in [6, 6.07) is 6.36. The van der Waals surface area contributed by atoms with Crippen LogP contribution in [0.2, 0.25) is 0 Å². The van der Waals surface area contributed by atoms with Crippen LogP contribution in [0.5, 0.6) is 0 Å². The quantitative estimate of drug-likeness (QED) is 0.586. The fourth-order valence-corrected chi connectivity index (χ4v) is 6.74. The van der Waals surface area contributed by atoms with Crippen molar-refractivity contribution >= 4 is 17.6 Å². The fourth-order valence-electron chi connectivity index (χ4n) is 6.74. The van der Waals surface area contributed by atoms with E-state index in [0.717, 1.165) is 69.2 Å². The number of carbonyl (C=O) groups is 3. The van der Waals surface area contributed by atoms with Crippen LogP contribution in [0.1, 0.15) is 99.0 Å². The summed E-state index contributed by atoms with van der Waals surface area (Å²) in [6.07, 6.45) is 10.8. The molecule has 0 radical (unpaired) electrons. The molecule has 2 heterocycles. The first-order chi connectivity index (χ1) is 17.4. The molecule has 1 unspecified atom stereocenters. The lowest BCUT2D eigenvalue weighted by Crippen LogP contribution is -2.53. The van der Waals surface area contributed by atoms with Gasteiger partial charge >= 0.3 is 0 Å². The maximum absolute atomic E-state index is 13.9. The highest BCUT2D eigenvalue weighted by Gasteiger charge is 2.41. The summed E-state index contributed by atoms with van der Waals surface area (Å²) in [5.41, 5.74) is 3.15. The Morgan fingerprint density at radius 2 is 1.78 bits per heavy atom. The first-order valence-corrected chi connectivity index (χ1v) is 14.4. The standard InChI is InChI=1S/C30H43N3O3/c1-20(2)29(35)28(21-8-4-3-5-9-21)33-17-15-25-24(11-6-12-26(25)30(33)36)22-10-7-16-32(19-22)27(34)18-31-23-13-14-23/h6,11-12,20-23,28,31H,3-5,7-10,13-19H2,1-2H3/t22?,28-/m1/s1. The van der Waals surface area contributed by atoms with Gasteiger partial charge in [0, 0.05) is 43.1 Å². The van der Waals surface area contributed by atoms with Gasteiger partial charge in [-0.1, -0.05) is 45.2 Å². The van der Waals surface area contributed by atoms with Crippen LogP contribution in [-0.2, 0) is 16.0 Å². The first-order valence-electron chi connectivity index (χ1n) is 14.4. The number of nitrogens with one attached hydrogen (secondary N) is 1. The van der Waals surface area contributed by atoms with Crippen molar-refractivity contribution in [2.45, 2.75) is 96.1 Å². The second kappa shape index (κ2) is 11.0. The summed E-state index contributed by atoms with van der Waals surface area (Å²) in [7, 11) is 0. The number of piperidine rings is 1. The van der Waals surface area contributed by atoms with Gasteiger partial charge in [-0.3, -0.25) is 14.4 Å². The van der Waals surface area contributed by atoms with Crippen LogP contribution in [-0.4, -0.2) is 65.7 Å². The molecule has 6 nitrogen and oxygen atoms in total. The van der Waals surface area contributed by atoms with E-state index in [1.165, 1.54) is 24.8 Å². The molecule has 1 saturated heterocycles. The van der Waals surface area contributed by atoms with Crippen molar-refractivity contribution in [3.05, 3.63) is 34.9 Å². The summed E-state index contributed by atoms with van der Waals surface area (Å²) in [5.74, 6) is 0.920. The molecule has 1 aromatic rings. The highest BCUT2D eigenvalue weighted by Crippen LogP contribution is 2.37. The largest absolute Gasteiger partial charge is 0.341 e. The first kappa shape index (κ1) is 25.4. The lowest BCUT2D eigenvalue weighted by Gasteiger charge is -2.42. The Morgan fingerprint density at radius 1 is 1.00 bits per heavy atom. The van der Waals surface area contributed by atoms with Crippen LogP contribution in [0, 0.1) is 11.8 Å². The molecule has 3 fully saturated rings. The number of likely N-dealkylation sites (tertiary alicyclic amines) is 1. The molecule has 4 aliphatic rings. The molecule has 0 aromatic heterocycles. The zero-order valence-electron chi connectivity index (χ0n) is 22.1. The Labute approximate surface area is 216 Å². The van der Waals surface area contributed by atoms with Gasteiger partial charge in [0.25, 0.3) is 5.91 Å². The summed E-state index contributed by atoms with van der Waals surface area (Å²) >= 11 is 0. The molecule has 196 valence electrons. The third kappa shape index (κ3) is 5.39. The number of rotatable bonds is 8. The number of benzene rings is 1. The number of amides is 2. The van der Waals surface area contributed by atoms with Crippen LogP contribution < -0.4 is 5.32 Å². The lowest BCUT2D eigenvalue weighted by atomic mass is 9.78. The second-order valence-electron chi connectivity index (χ2n) is 11.9. The maximum atomic E-state index is 13.9. The number of hydrogen-bond donors (Lipinski definition) is 1. The van der Waals surface area contributed by atoms with Crippen LogP contribution in [0.4, 0.5) is 0 Å². The van der Waals surface area contributed by atoms with Gasteiger partial charge in [0.15, 0.2) is 5.78 Å². The topological polar surface area (TPSA) is 69.7 Å². The Morgan fingerprint density at radius 3 is 2.50 bits per heavy atom. The monoisotopic (exact) mass is 493 g/mol. The van der Waals surface area contributed by atoms with Gasteiger partial charge in [-0.05, 0) is 68.1 Å². The lowest BCUT2D eigenvalue weighted by molar-refractivity contribution is -0.131. The van der Waals surface area contributed by atoms with Gasteiger partial charge in [-0.15, -0.1) is 0 Å². The van der Waals surface area contributed by atoms with Gasteiger partial charge in [0.05, 0.1) is 12.6 Å². The minimum Gasteiger partial charge on any atom is -0.341 e. The number of nitrogens with zero attached hydrogens (tertiary/aromatic N) is 2. The third-order valence-electron chi connectivity index (χ3n) is 8.93. The van der Waals surface area contributed by atoms with Crippen molar-refractivity contribution in [3.8, 4) is 0 Å². The number of ketones is 1. The van der Waals surface area contributed by atoms with Gasteiger partial charge in [0.2, 0.25) is 5.91 Å². The van der Waals surface area contributed by atoms with Crippen molar-refractivity contribution in [2.24, 2.45) is 11.8 Å². The van der Waals surface area contributed by atoms with Crippen molar-refractivity contribution in [2.75, 3.05) is 26.2 Å². The van der Waals surface area contributed by atoms with E-state index in [1.54, 1.807) is 0 Å². The summed E-state index contributed by atoms with van der Waals surface area (Å²) in [6.45, 7) is 6.54. The molecule has 1 aromatic carbocycles. The average molecular weight is 494 g/mol. The summed E-state index contributed by atoms with van der Waals surface area (Å²) in [4.78, 5) is 44.0.